The lowest BCUT2D eigenvalue weighted by Crippen LogP contribution is -2.54. The number of hydrogen-bond donors (Lipinski definition) is 3. The van der Waals surface area contributed by atoms with Crippen LogP contribution >= 0.6 is 0 Å². The van der Waals surface area contributed by atoms with E-state index in [4.69, 9.17) is 18.9 Å². The van der Waals surface area contributed by atoms with Crippen molar-refractivity contribution >= 4 is 44.0 Å². The summed E-state index contributed by atoms with van der Waals surface area (Å²) in [5.74, 6) is -0.0277. The minimum absolute atomic E-state index is 0.0178. The first-order valence-corrected chi connectivity index (χ1v) is 23.7. The van der Waals surface area contributed by atoms with Crippen LogP contribution in [0.3, 0.4) is 0 Å². The maximum atomic E-state index is 14.1. The molecule has 6 heterocycles. The molecule has 3 N–H and O–H groups in total. The molecule has 0 radical (unpaired) electrons. The number of pyridine rings is 1. The lowest BCUT2D eigenvalue weighted by Gasteiger charge is -2.56. The summed E-state index contributed by atoms with van der Waals surface area (Å²) in [6.07, 6.45) is 9.80. The largest absolute Gasteiger partial charge is 0.489 e. The molecule has 3 aromatic carbocycles. The van der Waals surface area contributed by atoms with Gasteiger partial charge in [0.25, 0.3) is 21.6 Å². The Bertz CT molecular complexity index is 2690. The maximum Gasteiger partial charge on any atom is 0.297 e. The predicted molar refractivity (Wildman–Crippen MR) is 240 cm³/mol. The van der Waals surface area contributed by atoms with Crippen LogP contribution < -0.4 is 24.4 Å². The summed E-state index contributed by atoms with van der Waals surface area (Å²) >= 11 is 0. The van der Waals surface area contributed by atoms with E-state index in [2.05, 4.69) is 67.9 Å². The molecule has 17 heteroatoms. The van der Waals surface area contributed by atoms with Gasteiger partial charge in [0, 0.05) is 60.6 Å². The van der Waals surface area contributed by atoms with Crippen molar-refractivity contribution < 1.29 is 37.1 Å². The van der Waals surface area contributed by atoms with Crippen LogP contribution in [0.25, 0.3) is 11.0 Å². The van der Waals surface area contributed by atoms with Crippen molar-refractivity contribution in [3.05, 3.63) is 106 Å². The molecule has 2 aromatic heterocycles. The number of rotatable bonds is 11. The zero-order valence-corrected chi connectivity index (χ0v) is 36.8. The number of anilines is 2. The van der Waals surface area contributed by atoms with Crippen LogP contribution in [0.5, 0.6) is 17.2 Å². The Morgan fingerprint density at radius 3 is 2.64 bits per heavy atom. The Kier molecular flexibility index (Phi) is 11.2. The highest BCUT2D eigenvalue weighted by molar-refractivity contribution is 7.90. The molecule has 1 saturated carbocycles. The standard InChI is InChI=1S/C47H53N7O9S/c1-29(2)35-6-3-4-7-36(35)39-8-5-15-53(39)32-24-47(25-32)12-16-52(17-13-47)31-9-10-37(41(21-31)63-33-20-30-11-14-48-45(30)49-26-33)46(55)51-64(58,59)34-22-40(54(56)57)44-42(23-34)62-27-38(50-44)43-28-60-18-19-61-43/h3-4,6-7,9-11,14,20-23,26,29,32,38-39,43,50H,5,8,12-13,15-19,24-25,27-28H2,1-2H3,(H,48,49)(H,51,55)/t38-,39+,43-/m1/s1. The number of aromatic nitrogens is 2. The topological polar surface area (TPSA) is 190 Å². The zero-order valence-electron chi connectivity index (χ0n) is 36.0. The molecule has 5 aliphatic rings. The molecule has 1 aliphatic carbocycles. The second kappa shape index (κ2) is 17.0. The third-order valence-corrected chi connectivity index (χ3v) is 15.2. The molecule has 5 aromatic rings. The van der Waals surface area contributed by atoms with Gasteiger partial charge in [0.05, 0.1) is 47.4 Å². The van der Waals surface area contributed by atoms with Gasteiger partial charge >= 0.3 is 0 Å². The van der Waals surface area contributed by atoms with Crippen molar-refractivity contribution in [1.82, 2.24) is 19.6 Å². The van der Waals surface area contributed by atoms with E-state index < -0.39 is 43.6 Å². The quantitative estimate of drug-likeness (QED) is 0.0866. The Morgan fingerprint density at radius 2 is 1.86 bits per heavy atom. The van der Waals surface area contributed by atoms with Crippen LogP contribution in [0.4, 0.5) is 17.1 Å². The number of carbonyl (C=O) groups is 1. The summed E-state index contributed by atoms with van der Waals surface area (Å²) in [5, 5.41) is 16.2. The Labute approximate surface area is 371 Å². The van der Waals surface area contributed by atoms with Gasteiger partial charge < -0.3 is 34.1 Å². The molecule has 1 amide bonds. The van der Waals surface area contributed by atoms with Crippen molar-refractivity contribution in [2.24, 2.45) is 5.41 Å². The molecule has 3 saturated heterocycles. The summed E-state index contributed by atoms with van der Waals surface area (Å²) in [6, 6.07) is 20.4. The average Bonchev–Trinajstić information content (AvgIpc) is 3.98. The third kappa shape index (κ3) is 8.14. The number of nitro benzene ring substituents is 1. The van der Waals surface area contributed by atoms with E-state index in [1.165, 1.54) is 49.1 Å². The highest BCUT2D eigenvalue weighted by Crippen LogP contribution is 2.54. The van der Waals surface area contributed by atoms with Gasteiger partial charge in [-0.25, -0.2) is 18.1 Å². The number of hydrogen-bond acceptors (Lipinski definition) is 13. The number of carbonyl (C=O) groups excluding carboxylic acids is 1. The number of nitrogens with zero attached hydrogens (tertiary/aromatic N) is 4. The van der Waals surface area contributed by atoms with E-state index in [-0.39, 0.29) is 36.0 Å². The fourth-order valence-electron chi connectivity index (χ4n) is 10.5. The van der Waals surface area contributed by atoms with E-state index in [9.17, 15) is 23.3 Å². The summed E-state index contributed by atoms with van der Waals surface area (Å²) in [4.78, 5) is 37.7. The van der Waals surface area contributed by atoms with Gasteiger partial charge in [0.15, 0.2) is 11.4 Å². The average molecular weight is 892 g/mol. The molecule has 0 unspecified atom stereocenters. The minimum Gasteiger partial charge on any atom is -0.489 e. The molecule has 0 bridgehead atoms. The van der Waals surface area contributed by atoms with Crippen LogP contribution in [0.2, 0.25) is 0 Å². The molecule has 64 heavy (non-hydrogen) atoms. The van der Waals surface area contributed by atoms with E-state index in [0.717, 1.165) is 49.6 Å². The fourth-order valence-corrected chi connectivity index (χ4v) is 11.5. The third-order valence-electron chi connectivity index (χ3n) is 13.9. The maximum absolute atomic E-state index is 14.1. The lowest BCUT2D eigenvalue weighted by atomic mass is 9.59. The van der Waals surface area contributed by atoms with E-state index in [1.54, 1.807) is 24.4 Å². The van der Waals surface area contributed by atoms with Gasteiger partial charge in [0.1, 0.15) is 29.9 Å². The van der Waals surface area contributed by atoms with Gasteiger partial charge in [-0.15, -0.1) is 0 Å². The molecule has 16 nitrogen and oxygen atoms in total. The van der Waals surface area contributed by atoms with E-state index in [0.29, 0.717) is 48.0 Å². The molecule has 1 spiro atoms. The zero-order chi connectivity index (χ0) is 44.2. The van der Waals surface area contributed by atoms with Crippen molar-refractivity contribution in [2.75, 3.05) is 56.3 Å². The summed E-state index contributed by atoms with van der Waals surface area (Å²) < 4.78 is 53.4. The first-order valence-electron chi connectivity index (χ1n) is 22.3. The number of benzene rings is 3. The number of piperidine rings is 1. The van der Waals surface area contributed by atoms with Crippen molar-refractivity contribution in [3.63, 3.8) is 0 Å². The Balaban J connectivity index is 0.861. The lowest BCUT2D eigenvalue weighted by molar-refractivity contribution is -0.384. The summed E-state index contributed by atoms with van der Waals surface area (Å²) in [5.41, 5.74) is 4.21. The minimum atomic E-state index is -4.66. The molecular weight excluding hydrogens is 839 g/mol. The van der Waals surface area contributed by atoms with Crippen LogP contribution in [0.1, 0.15) is 85.8 Å². The highest BCUT2D eigenvalue weighted by atomic mass is 32.2. The fraction of sp³-hybridized carbons (Fsp3) is 0.447. The highest BCUT2D eigenvalue weighted by Gasteiger charge is 2.50. The number of sulfonamides is 1. The van der Waals surface area contributed by atoms with Crippen LogP contribution in [0, 0.1) is 15.5 Å². The second-order valence-corrected chi connectivity index (χ2v) is 19.8. The number of H-pyrrole nitrogens is 1. The normalized spacial score (nSPS) is 22.4. The first kappa shape index (κ1) is 42.2. The summed E-state index contributed by atoms with van der Waals surface area (Å²) in [7, 11) is -4.66. The molecular formula is C47H53N7O9S. The van der Waals surface area contributed by atoms with Gasteiger partial charge in [0.2, 0.25) is 0 Å². The van der Waals surface area contributed by atoms with Gasteiger partial charge in [-0.1, -0.05) is 38.1 Å². The monoisotopic (exact) mass is 891 g/mol. The SMILES string of the molecule is CC(C)c1ccccc1[C@@H]1CCCN1C1CC2(CCN(c3ccc(C(=O)NS(=O)(=O)c4cc5c(c([N+](=O)[O-])c4)N[C@@H]([C@H]4COCCO4)CO5)c(Oc4cnc5[nH]ccc5c4)c3)CC2)C1. The molecule has 10 rings (SSSR count). The molecule has 4 aliphatic heterocycles. The molecule has 336 valence electrons. The summed E-state index contributed by atoms with van der Waals surface area (Å²) in [6.45, 7) is 8.53. The first-order chi connectivity index (χ1) is 30.9. The van der Waals surface area contributed by atoms with Crippen molar-refractivity contribution in [1.29, 1.82) is 0 Å². The number of nitrogens with one attached hydrogen (secondary N) is 3. The number of likely N-dealkylation sites (tertiary alicyclic amines) is 1. The number of aromatic amines is 1. The van der Waals surface area contributed by atoms with Crippen LogP contribution in [0.15, 0.2) is 84.0 Å². The molecule has 4 fully saturated rings. The van der Waals surface area contributed by atoms with Gasteiger partial charge in [-0.05, 0) is 91.8 Å². The Morgan fingerprint density at radius 1 is 1.03 bits per heavy atom. The number of amides is 1. The van der Waals surface area contributed by atoms with E-state index in [1.807, 2.05) is 12.1 Å². The van der Waals surface area contributed by atoms with Crippen molar-refractivity contribution in [2.45, 2.75) is 87.4 Å². The smallest absolute Gasteiger partial charge is 0.297 e. The molecule has 3 atom stereocenters. The number of ether oxygens (including phenoxy) is 4. The van der Waals surface area contributed by atoms with Crippen LogP contribution in [-0.4, -0.2) is 98.4 Å². The number of fused-ring (bicyclic) bond motifs is 2. The number of nitro groups is 1. The van der Waals surface area contributed by atoms with Gasteiger partial charge in [-0.2, -0.15) is 0 Å². The van der Waals surface area contributed by atoms with Crippen molar-refractivity contribution in [3.8, 4) is 17.2 Å². The Hall–Kier alpha value is -5.75. The second-order valence-electron chi connectivity index (χ2n) is 18.2. The predicted octanol–water partition coefficient (Wildman–Crippen LogP) is 7.68. The van der Waals surface area contributed by atoms with Crippen LogP contribution in [-0.2, 0) is 19.5 Å². The van der Waals surface area contributed by atoms with E-state index >= 15 is 0 Å². The van der Waals surface area contributed by atoms with Gasteiger partial charge in [-0.3, -0.25) is 19.8 Å².